The molecule has 2 heterocycles. The van der Waals surface area contributed by atoms with E-state index in [1.54, 1.807) is 19.1 Å². The summed E-state index contributed by atoms with van der Waals surface area (Å²) in [6.45, 7) is 7.89. The SMILES string of the molecule is COc1ccc(-c2nc(CN3CCN(C)C(=O)[C@@H]3C)c(C)o2)c(OC)c1C. The van der Waals surface area contributed by atoms with Crippen molar-refractivity contribution in [1.29, 1.82) is 0 Å². The predicted molar refractivity (Wildman–Crippen MR) is 102 cm³/mol. The zero-order valence-corrected chi connectivity index (χ0v) is 16.8. The smallest absolute Gasteiger partial charge is 0.239 e. The van der Waals surface area contributed by atoms with Crippen LogP contribution in [0.3, 0.4) is 0 Å². The minimum atomic E-state index is -0.166. The first-order valence-corrected chi connectivity index (χ1v) is 9.04. The lowest BCUT2D eigenvalue weighted by atomic mass is 10.1. The number of carbonyl (C=O) groups excluding carboxylic acids is 1. The monoisotopic (exact) mass is 373 g/mol. The first-order valence-electron chi connectivity index (χ1n) is 9.04. The molecule has 1 saturated heterocycles. The molecule has 7 heteroatoms. The number of aryl methyl sites for hydroxylation is 1. The molecule has 27 heavy (non-hydrogen) atoms. The summed E-state index contributed by atoms with van der Waals surface area (Å²) in [5.41, 5.74) is 2.52. The Bertz CT molecular complexity index is 846. The fourth-order valence-corrected chi connectivity index (χ4v) is 3.48. The molecular weight excluding hydrogens is 346 g/mol. The summed E-state index contributed by atoms with van der Waals surface area (Å²) < 4.78 is 16.9. The van der Waals surface area contributed by atoms with E-state index >= 15 is 0 Å². The second-order valence-corrected chi connectivity index (χ2v) is 6.90. The summed E-state index contributed by atoms with van der Waals surface area (Å²) in [5.74, 6) is 2.83. The highest BCUT2D eigenvalue weighted by Gasteiger charge is 2.30. The average Bonchev–Trinajstić information content (AvgIpc) is 3.02. The third kappa shape index (κ3) is 3.51. The molecular formula is C20H27N3O4. The van der Waals surface area contributed by atoms with E-state index in [-0.39, 0.29) is 11.9 Å². The number of nitrogens with zero attached hydrogens (tertiary/aromatic N) is 3. The zero-order valence-electron chi connectivity index (χ0n) is 16.8. The van der Waals surface area contributed by atoms with Crippen molar-refractivity contribution in [2.45, 2.75) is 33.4 Å². The fraction of sp³-hybridized carbons (Fsp3) is 0.500. The van der Waals surface area contributed by atoms with Gasteiger partial charge in [0.1, 0.15) is 17.3 Å². The van der Waals surface area contributed by atoms with Crippen LogP contribution in [0.1, 0.15) is 23.9 Å². The van der Waals surface area contributed by atoms with Gasteiger partial charge in [0.25, 0.3) is 0 Å². The standard InChI is InChI=1S/C20H27N3O4/c1-12-17(25-5)8-7-15(18(12)26-6)19-21-16(14(3)27-19)11-23-10-9-22(4)20(24)13(23)2/h7-8,13H,9-11H2,1-6H3/t13-/m0/s1. The Morgan fingerprint density at radius 3 is 2.63 bits per heavy atom. The quantitative estimate of drug-likeness (QED) is 0.803. The van der Waals surface area contributed by atoms with Gasteiger partial charge in [-0.25, -0.2) is 4.98 Å². The van der Waals surface area contributed by atoms with E-state index < -0.39 is 0 Å². The van der Waals surface area contributed by atoms with Gasteiger partial charge in [-0.05, 0) is 32.9 Å². The molecule has 3 rings (SSSR count). The van der Waals surface area contributed by atoms with E-state index in [2.05, 4.69) is 4.90 Å². The van der Waals surface area contributed by atoms with Gasteiger partial charge < -0.3 is 18.8 Å². The number of hydrogen-bond acceptors (Lipinski definition) is 6. The Labute approximate surface area is 159 Å². The van der Waals surface area contributed by atoms with Crippen LogP contribution in [-0.2, 0) is 11.3 Å². The number of rotatable bonds is 5. The summed E-state index contributed by atoms with van der Waals surface area (Å²) in [6.07, 6.45) is 0. The number of ether oxygens (including phenoxy) is 2. The summed E-state index contributed by atoms with van der Waals surface area (Å²) in [6, 6.07) is 3.61. The maximum atomic E-state index is 12.2. The number of carbonyl (C=O) groups is 1. The second kappa shape index (κ2) is 7.60. The van der Waals surface area contributed by atoms with Crippen molar-refractivity contribution in [2.75, 3.05) is 34.4 Å². The third-order valence-electron chi connectivity index (χ3n) is 5.26. The van der Waals surface area contributed by atoms with Crippen molar-refractivity contribution in [3.8, 4) is 23.0 Å². The van der Waals surface area contributed by atoms with Gasteiger partial charge in [-0.2, -0.15) is 0 Å². The molecule has 1 atom stereocenters. The lowest BCUT2D eigenvalue weighted by Crippen LogP contribution is -2.53. The van der Waals surface area contributed by atoms with Crippen LogP contribution in [0.15, 0.2) is 16.5 Å². The van der Waals surface area contributed by atoms with Crippen LogP contribution >= 0.6 is 0 Å². The molecule has 1 amide bonds. The van der Waals surface area contributed by atoms with Crippen LogP contribution in [0.4, 0.5) is 0 Å². The highest BCUT2D eigenvalue weighted by Crippen LogP contribution is 2.38. The van der Waals surface area contributed by atoms with Gasteiger partial charge in [-0.1, -0.05) is 0 Å². The van der Waals surface area contributed by atoms with Crippen LogP contribution < -0.4 is 9.47 Å². The van der Waals surface area contributed by atoms with Gasteiger partial charge >= 0.3 is 0 Å². The molecule has 0 radical (unpaired) electrons. The molecule has 0 saturated carbocycles. The maximum Gasteiger partial charge on any atom is 0.239 e. The third-order valence-corrected chi connectivity index (χ3v) is 5.26. The van der Waals surface area contributed by atoms with Gasteiger partial charge in [0.2, 0.25) is 11.8 Å². The Kier molecular flexibility index (Phi) is 5.41. The van der Waals surface area contributed by atoms with Gasteiger partial charge in [0.15, 0.2) is 0 Å². The number of piperazine rings is 1. The topological polar surface area (TPSA) is 68.0 Å². The van der Waals surface area contributed by atoms with Crippen molar-refractivity contribution in [3.63, 3.8) is 0 Å². The predicted octanol–water partition coefficient (Wildman–Crippen LogP) is 2.64. The zero-order chi connectivity index (χ0) is 19.7. The number of hydrogen-bond donors (Lipinski definition) is 0. The summed E-state index contributed by atoms with van der Waals surface area (Å²) >= 11 is 0. The molecule has 1 aromatic heterocycles. The summed E-state index contributed by atoms with van der Waals surface area (Å²) in [7, 11) is 5.10. The van der Waals surface area contributed by atoms with E-state index in [9.17, 15) is 4.79 Å². The van der Waals surface area contributed by atoms with Gasteiger partial charge in [0, 0.05) is 32.2 Å². The van der Waals surface area contributed by atoms with Crippen molar-refractivity contribution >= 4 is 5.91 Å². The van der Waals surface area contributed by atoms with Gasteiger partial charge in [0.05, 0.1) is 31.5 Å². The Morgan fingerprint density at radius 1 is 1.22 bits per heavy atom. The molecule has 0 unspecified atom stereocenters. The molecule has 1 aliphatic heterocycles. The summed E-state index contributed by atoms with van der Waals surface area (Å²) in [4.78, 5) is 20.8. The average molecular weight is 373 g/mol. The first-order chi connectivity index (χ1) is 12.9. The molecule has 1 aliphatic rings. The molecule has 0 bridgehead atoms. The van der Waals surface area contributed by atoms with Gasteiger partial charge in [-0.15, -0.1) is 0 Å². The molecule has 0 N–H and O–H groups in total. The lowest BCUT2D eigenvalue weighted by Gasteiger charge is -2.36. The minimum absolute atomic E-state index is 0.134. The van der Waals surface area contributed by atoms with Crippen molar-refractivity contribution < 1.29 is 18.7 Å². The Morgan fingerprint density at radius 2 is 1.96 bits per heavy atom. The molecule has 7 nitrogen and oxygen atoms in total. The van der Waals surface area contributed by atoms with Crippen LogP contribution in [-0.4, -0.2) is 61.1 Å². The van der Waals surface area contributed by atoms with Crippen LogP contribution in [0.25, 0.3) is 11.5 Å². The fourth-order valence-electron chi connectivity index (χ4n) is 3.48. The Hall–Kier alpha value is -2.54. The van der Waals surface area contributed by atoms with Gasteiger partial charge in [-0.3, -0.25) is 9.69 Å². The second-order valence-electron chi connectivity index (χ2n) is 6.90. The van der Waals surface area contributed by atoms with Crippen molar-refractivity contribution in [2.24, 2.45) is 0 Å². The van der Waals surface area contributed by atoms with E-state index in [1.807, 2.05) is 40.0 Å². The molecule has 1 fully saturated rings. The molecule has 0 spiro atoms. The number of oxazole rings is 1. The van der Waals surface area contributed by atoms with Crippen LogP contribution in [0, 0.1) is 13.8 Å². The molecule has 0 aliphatic carbocycles. The largest absolute Gasteiger partial charge is 0.496 e. The summed E-state index contributed by atoms with van der Waals surface area (Å²) in [5, 5.41) is 0. The van der Waals surface area contributed by atoms with Crippen molar-refractivity contribution in [1.82, 2.24) is 14.8 Å². The van der Waals surface area contributed by atoms with E-state index in [0.29, 0.717) is 18.2 Å². The first kappa shape index (κ1) is 19.2. The lowest BCUT2D eigenvalue weighted by molar-refractivity contribution is -0.139. The van der Waals surface area contributed by atoms with Crippen LogP contribution in [0.2, 0.25) is 0 Å². The normalized spacial score (nSPS) is 18.1. The number of likely N-dealkylation sites (N-methyl/N-ethyl adjacent to an activating group) is 1. The van der Waals surface area contributed by atoms with E-state index in [1.165, 1.54) is 0 Å². The highest BCUT2D eigenvalue weighted by atomic mass is 16.5. The number of amides is 1. The molecule has 2 aromatic rings. The number of methoxy groups -OCH3 is 2. The highest BCUT2D eigenvalue weighted by molar-refractivity contribution is 5.82. The minimum Gasteiger partial charge on any atom is -0.496 e. The molecule has 1 aromatic carbocycles. The number of benzene rings is 1. The maximum absolute atomic E-state index is 12.2. The van der Waals surface area contributed by atoms with E-state index in [0.717, 1.165) is 41.4 Å². The van der Waals surface area contributed by atoms with Crippen molar-refractivity contribution in [3.05, 3.63) is 29.2 Å². The number of aromatic nitrogens is 1. The van der Waals surface area contributed by atoms with Crippen LogP contribution in [0.5, 0.6) is 11.5 Å². The van der Waals surface area contributed by atoms with E-state index in [4.69, 9.17) is 18.9 Å². The molecule has 146 valence electrons. The Balaban J connectivity index is 1.89.